The summed E-state index contributed by atoms with van der Waals surface area (Å²) in [4.78, 5) is 10.2. The maximum absolute atomic E-state index is 10.2. The van der Waals surface area contributed by atoms with Crippen molar-refractivity contribution < 1.29 is 9.53 Å². The van der Waals surface area contributed by atoms with Crippen molar-refractivity contribution in [3.8, 4) is 0 Å². The topological polar surface area (TPSA) is 26.3 Å². The standard InChI is InChI=1S/C5H10O2S/c1-5(6)2-3-7-4-8/h8H,2-4H2,1H3. The van der Waals surface area contributed by atoms with Crippen LogP contribution in [0.25, 0.3) is 0 Å². The van der Waals surface area contributed by atoms with E-state index >= 15 is 0 Å². The van der Waals surface area contributed by atoms with Gasteiger partial charge in [-0.15, -0.1) is 0 Å². The van der Waals surface area contributed by atoms with Crippen molar-refractivity contribution in [1.29, 1.82) is 0 Å². The maximum atomic E-state index is 10.2. The first-order chi connectivity index (χ1) is 3.77. The summed E-state index contributed by atoms with van der Waals surface area (Å²) < 4.78 is 4.79. The Morgan fingerprint density at radius 2 is 2.38 bits per heavy atom. The van der Waals surface area contributed by atoms with Crippen LogP contribution in [0.3, 0.4) is 0 Å². The van der Waals surface area contributed by atoms with Crippen LogP contribution in [-0.4, -0.2) is 18.3 Å². The quantitative estimate of drug-likeness (QED) is 0.351. The van der Waals surface area contributed by atoms with E-state index in [1.54, 1.807) is 6.92 Å². The zero-order chi connectivity index (χ0) is 6.41. The van der Waals surface area contributed by atoms with Gasteiger partial charge in [0.25, 0.3) is 0 Å². The number of carbonyl (C=O) groups is 1. The molecule has 0 fully saturated rings. The first-order valence-electron chi connectivity index (χ1n) is 2.45. The van der Waals surface area contributed by atoms with Crippen LogP contribution in [0.5, 0.6) is 0 Å². The molecule has 0 saturated carbocycles. The van der Waals surface area contributed by atoms with Crippen LogP contribution >= 0.6 is 12.6 Å². The van der Waals surface area contributed by atoms with Crippen molar-refractivity contribution in [3.63, 3.8) is 0 Å². The van der Waals surface area contributed by atoms with E-state index in [1.807, 2.05) is 0 Å². The van der Waals surface area contributed by atoms with E-state index < -0.39 is 0 Å². The van der Waals surface area contributed by atoms with E-state index in [2.05, 4.69) is 12.6 Å². The van der Waals surface area contributed by atoms with Crippen molar-refractivity contribution >= 4 is 18.4 Å². The molecule has 0 radical (unpaired) electrons. The Hall–Kier alpha value is -0.0200. The molecule has 0 bridgehead atoms. The van der Waals surface area contributed by atoms with Gasteiger partial charge in [-0.2, -0.15) is 12.6 Å². The molecule has 0 N–H and O–H groups in total. The molecular formula is C5H10O2S. The molecule has 0 rings (SSSR count). The van der Waals surface area contributed by atoms with Gasteiger partial charge in [-0.05, 0) is 6.92 Å². The molecule has 48 valence electrons. The minimum absolute atomic E-state index is 0.159. The fourth-order valence-electron chi connectivity index (χ4n) is 0.280. The van der Waals surface area contributed by atoms with Crippen molar-refractivity contribution in [2.75, 3.05) is 12.5 Å². The molecule has 0 aliphatic rings. The van der Waals surface area contributed by atoms with Gasteiger partial charge in [0.05, 0.1) is 12.5 Å². The van der Waals surface area contributed by atoms with Crippen LogP contribution in [0.1, 0.15) is 13.3 Å². The van der Waals surface area contributed by atoms with Crippen LogP contribution in [0.2, 0.25) is 0 Å². The molecule has 0 heterocycles. The summed E-state index contributed by atoms with van der Waals surface area (Å²) >= 11 is 3.79. The Bertz CT molecular complexity index is 72.8. The highest BCUT2D eigenvalue weighted by Gasteiger charge is 1.89. The molecule has 8 heavy (non-hydrogen) atoms. The molecule has 0 saturated heterocycles. The summed E-state index contributed by atoms with van der Waals surface area (Å²) in [5, 5.41) is 0. The van der Waals surface area contributed by atoms with E-state index in [1.165, 1.54) is 0 Å². The SMILES string of the molecule is CC(=O)CCOCS. The molecule has 0 aliphatic heterocycles. The summed E-state index contributed by atoms with van der Waals surface area (Å²) in [5.41, 5.74) is 0. The van der Waals surface area contributed by atoms with Crippen molar-refractivity contribution in [3.05, 3.63) is 0 Å². The molecule has 0 unspecified atom stereocenters. The molecule has 0 aromatic carbocycles. The van der Waals surface area contributed by atoms with E-state index in [4.69, 9.17) is 4.74 Å². The number of thiol groups is 1. The Balaban J connectivity index is 2.82. The van der Waals surface area contributed by atoms with Crippen LogP contribution in [0, 0.1) is 0 Å². The van der Waals surface area contributed by atoms with Gasteiger partial charge in [-0.1, -0.05) is 0 Å². The van der Waals surface area contributed by atoms with Gasteiger partial charge in [-0.25, -0.2) is 0 Å². The van der Waals surface area contributed by atoms with Gasteiger partial charge in [0.2, 0.25) is 0 Å². The number of hydrogen-bond acceptors (Lipinski definition) is 3. The molecule has 0 atom stereocenters. The minimum Gasteiger partial charge on any atom is -0.371 e. The summed E-state index contributed by atoms with van der Waals surface area (Å²) in [7, 11) is 0. The lowest BCUT2D eigenvalue weighted by Gasteiger charge is -1.94. The molecule has 0 aromatic heterocycles. The third-order valence-corrected chi connectivity index (χ3v) is 0.872. The first-order valence-corrected chi connectivity index (χ1v) is 3.08. The zero-order valence-corrected chi connectivity index (χ0v) is 5.78. The summed E-state index contributed by atoms with van der Waals surface area (Å²) in [5.74, 6) is 0.555. The second-order valence-electron chi connectivity index (χ2n) is 1.49. The molecule has 0 spiro atoms. The Morgan fingerprint density at radius 1 is 1.75 bits per heavy atom. The molecule has 0 amide bonds. The molecule has 0 aliphatic carbocycles. The zero-order valence-electron chi connectivity index (χ0n) is 4.89. The van der Waals surface area contributed by atoms with Gasteiger partial charge in [0.15, 0.2) is 0 Å². The highest BCUT2D eigenvalue weighted by atomic mass is 32.1. The van der Waals surface area contributed by atoms with Gasteiger partial charge in [-0.3, -0.25) is 4.79 Å². The third-order valence-electron chi connectivity index (χ3n) is 0.690. The molecular weight excluding hydrogens is 124 g/mol. The second-order valence-corrected chi connectivity index (χ2v) is 1.75. The van der Waals surface area contributed by atoms with E-state index in [0.717, 1.165) is 0 Å². The fraction of sp³-hybridized carbons (Fsp3) is 0.800. The fourth-order valence-corrected chi connectivity index (χ4v) is 0.410. The Kier molecular flexibility index (Phi) is 5.11. The number of carbonyl (C=O) groups excluding carboxylic acids is 1. The number of ketones is 1. The van der Waals surface area contributed by atoms with Crippen LogP contribution in [0.15, 0.2) is 0 Å². The largest absolute Gasteiger partial charge is 0.371 e. The van der Waals surface area contributed by atoms with Crippen molar-refractivity contribution in [1.82, 2.24) is 0 Å². The normalized spacial score (nSPS) is 9.25. The van der Waals surface area contributed by atoms with Crippen LogP contribution in [0.4, 0.5) is 0 Å². The Morgan fingerprint density at radius 3 is 2.75 bits per heavy atom. The predicted molar refractivity (Wildman–Crippen MR) is 35.1 cm³/mol. The minimum atomic E-state index is 0.159. The number of ether oxygens (including phenoxy) is 1. The number of hydrogen-bond donors (Lipinski definition) is 1. The summed E-state index contributed by atoms with van der Waals surface area (Å²) in [6.45, 7) is 2.04. The lowest BCUT2D eigenvalue weighted by atomic mass is 10.3. The van der Waals surface area contributed by atoms with E-state index in [9.17, 15) is 4.79 Å². The monoisotopic (exact) mass is 134 g/mol. The Labute approximate surface area is 54.6 Å². The predicted octanol–water partition coefficient (Wildman–Crippen LogP) is 0.869. The van der Waals surface area contributed by atoms with E-state index in [-0.39, 0.29) is 5.78 Å². The average molecular weight is 134 g/mol. The van der Waals surface area contributed by atoms with Crippen LogP contribution < -0.4 is 0 Å². The van der Waals surface area contributed by atoms with Gasteiger partial charge >= 0.3 is 0 Å². The highest BCUT2D eigenvalue weighted by molar-refractivity contribution is 7.80. The average Bonchev–Trinajstić information content (AvgIpc) is 1.66. The van der Waals surface area contributed by atoms with Crippen LogP contribution in [-0.2, 0) is 9.53 Å². The lowest BCUT2D eigenvalue weighted by molar-refractivity contribution is -0.117. The summed E-state index contributed by atoms with van der Waals surface area (Å²) in [6, 6.07) is 0. The van der Waals surface area contributed by atoms with E-state index in [0.29, 0.717) is 19.0 Å². The van der Waals surface area contributed by atoms with Crippen molar-refractivity contribution in [2.24, 2.45) is 0 Å². The first kappa shape index (κ1) is 7.98. The summed E-state index contributed by atoms with van der Waals surface area (Å²) in [6.07, 6.45) is 0.501. The maximum Gasteiger partial charge on any atom is 0.132 e. The molecule has 2 nitrogen and oxygen atoms in total. The lowest BCUT2D eigenvalue weighted by Crippen LogP contribution is -1.98. The van der Waals surface area contributed by atoms with Crippen molar-refractivity contribution in [2.45, 2.75) is 13.3 Å². The number of Topliss-reactive ketones (excluding diaryl/α,β-unsaturated/α-hetero) is 1. The van der Waals surface area contributed by atoms with Gasteiger partial charge in [0.1, 0.15) is 5.78 Å². The smallest absolute Gasteiger partial charge is 0.132 e. The highest BCUT2D eigenvalue weighted by Crippen LogP contribution is 1.84. The van der Waals surface area contributed by atoms with Gasteiger partial charge in [0, 0.05) is 6.42 Å². The third kappa shape index (κ3) is 5.98. The molecule has 3 heteroatoms. The number of rotatable bonds is 4. The van der Waals surface area contributed by atoms with Gasteiger partial charge < -0.3 is 4.74 Å². The molecule has 0 aromatic rings. The second kappa shape index (κ2) is 5.12.